The third-order valence-electron chi connectivity index (χ3n) is 3.81. The van der Waals surface area contributed by atoms with Gasteiger partial charge >= 0.3 is 0 Å². The average molecular weight is 333 g/mol. The Bertz CT molecular complexity index is 774. The summed E-state index contributed by atoms with van der Waals surface area (Å²) in [5.74, 6) is -1.23. The number of nitrogens with zero attached hydrogens (tertiary/aromatic N) is 2. The largest absolute Gasteiger partial charge is 0.311 e. The van der Waals surface area contributed by atoms with Crippen LogP contribution in [0.4, 0.5) is 15.2 Å². The first-order chi connectivity index (χ1) is 10.9. The number of hydrogen-bond donors (Lipinski definition) is 1. The molecule has 1 saturated heterocycles. The highest BCUT2D eigenvalue weighted by atomic mass is 32.1. The quantitative estimate of drug-likeness (QED) is 0.939. The number of hydrogen-bond acceptors (Lipinski definition) is 4. The topological polar surface area (TPSA) is 62.3 Å². The van der Waals surface area contributed by atoms with Crippen LogP contribution >= 0.6 is 11.3 Å². The number of carbonyl (C=O) groups is 2. The van der Waals surface area contributed by atoms with Gasteiger partial charge in [-0.3, -0.25) is 9.59 Å². The van der Waals surface area contributed by atoms with Crippen LogP contribution in [-0.2, 0) is 9.59 Å². The molecule has 1 aromatic heterocycles. The van der Waals surface area contributed by atoms with Crippen molar-refractivity contribution in [2.75, 3.05) is 16.8 Å². The summed E-state index contributed by atoms with van der Waals surface area (Å²) < 4.78 is 13.7. The number of amides is 2. The second-order valence-electron chi connectivity index (χ2n) is 5.60. The molecule has 23 heavy (non-hydrogen) atoms. The van der Waals surface area contributed by atoms with Crippen molar-refractivity contribution in [3.63, 3.8) is 0 Å². The standard InChI is InChI=1S/C16H16FN3O2S/c1-9-3-4-12(6-13(9)17)20-8-11(5-14(20)21)15(22)19-16-18-7-10(2)23-16/h3-4,6-7,11H,5,8H2,1-2H3,(H,18,19,22)/t11-/m0/s1. The zero-order chi connectivity index (χ0) is 16.6. The minimum absolute atomic E-state index is 0.117. The van der Waals surface area contributed by atoms with E-state index in [1.807, 2.05) is 6.92 Å². The van der Waals surface area contributed by atoms with Gasteiger partial charge in [-0.2, -0.15) is 0 Å². The molecule has 0 bridgehead atoms. The first-order valence-corrected chi connectivity index (χ1v) is 8.05. The van der Waals surface area contributed by atoms with Gasteiger partial charge in [0.15, 0.2) is 5.13 Å². The first-order valence-electron chi connectivity index (χ1n) is 7.24. The Balaban J connectivity index is 1.71. The van der Waals surface area contributed by atoms with E-state index in [9.17, 15) is 14.0 Å². The third-order valence-corrected chi connectivity index (χ3v) is 4.64. The predicted molar refractivity (Wildman–Crippen MR) is 87.1 cm³/mol. The highest BCUT2D eigenvalue weighted by molar-refractivity contribution is 7.15. The second-order valence-corrected chi connectivity index (χ2v) is 6.84. The molecule has 2 heterocycles. The van der Waals surface area contributed by atoms with Crippen molar-refractivity contribution in [1.82, 2.24) is 4.98 Å². The Kier molecular flexibility index (Phi) is 4.12. The number of carbonyl (C=O) groups excluding carboxylic acids is 2. The molecule has 1 aliphatic rings. The highest BCUT2D eigenvalue weighted by Crippen LogP contribution is 2.27. The van der Waals surface area contributed by atoms with Gasteiger partial charge in [0.2, 0.25) is 11.8 Å². The van der Waals surface area contributed by atoms with Crippen LogP contribution in [0.1, 0.15) is 16.9 Å². The Labute approximate surface area is 137 Å². The second kappa shape index (κ2) is 6.08. The summed E-state index contributed by atoms with van der Waals surface area (Å²) in [5.41, 5.74) is 1.01. The van der Waals surface area contributed by atoms with Gasteiger partial charge in [-0.15, -0.1) is 11.3 Å². The maximum atomic E-state index is 13.7. The lowest BCUT2D eigenvalue weighted by atomic mass is 10.1. The van der Waals surface area contributed by atoms with E-state index in [1.54, 1.807) is 25.3 Å². The molecule has 120 valence electrons. The van der Waals surface area contributed by atoms with Crippen LogP contribution < -0.4 is 10.2 Å². The van der Waals surface area contributed by atoms with Gasteiger partial charge in [0.05, 0.1) is 5.92 Å². The highest BCUT2D eigenvalue weighted by Gasteiger charge is 2.35. The maximum Gasteiger partial charge on any atom is 0.231 e. The number of nitrogens with one attached hydrogen (secondary N) is 1. The minimum atomic E-state index is -0.462. The zero-order valence-electron chi connectivity index (χ0n) is 12.8. The van der Waals surface area contributed by atoms with Crippen molar-refractivity contribution >= 4 is 34.0 Å². The van der Waals surface area contributed by atoms with Crippen molar-refractivity contribution in [1.29, 1.82) is 0 Å². The van der Waals surface area contributed by atoms with Crippen LogP contribution in [0.5, 0.6) is 0 Å². The van der Waals surface area contributed by atoms with Gasteiger partial charge < -0.3 is 10.2 Å². The molecule has 1 aliphatic heterocycles. The molecule has 0 aliphatic carbocycles. The number of rotatable bonds is 3. The number of aromatic nitrogens is 1. The van der Waals surface area contributed by atoms with E-state index in [0.29, 0.717) is 16.4 Å². The molecule has 1 aromatic carbocycles. The smallest absolute Gasteiger partial charge is 0.231 e. The number of aryl methyl sites for hydroxylation is 2. The SMILES string of the molecule is Cc1cnc(NC(=O)[C@H]2CC(=O)N(c3ccc(C)c(F)c3)C2)s1. The van der Waals surface area contributed by atoms with Crippen LogP contribution in [0.25, 0.3) is 0 Å². The molecule has 7 heteroatoms. The zero-order valence-corrected chi connectivity index (χ0v) is 13.6. The fourth-order valence-electron chi connectivity index (χ4n) is 2.50. The van der Waals surface area contributed by atoms with Crippen molar-refractivity contribution in [3.05, 3.63) is 40.7 Å². The van der Waals surface area contributed by atoms with Gasteiger partial charge in [-0.1, -0.05) is 6.07 Å². The number of anilines is 2. The Morgan fingerprint density at radius 2 is 2.22 bits per heavy atom. The van der Waals surface area contributed by atoms with Gasteiger partial charge in [-0.25, -0.2) is 9.37 Å². The first kappa shape index (κ1) is 15.6. The lowest BCUT2D eigenvalue weighted by Gasteiger charge is -2.17. The fraction of sp³-hybridized carbons (Fsp3) is 0.312. The molecule has 1 N–H and O–H groups in total. The Morgan fingerprint density at radius 1 is 1.43 bits per heavy atom. The molecule has 5 nitrogen and oxygen atoms in total. The predicted octanol–water partition coefficient (Wildman–Crippen LogP) is 2.89. The molecule has 0 unspecified atom stereocenters. The Morgan fingerprint density at radius 3 is 2.87 bits per heavy atom. The number of benzene rings is 1. The summed E-state index contributed by atoms with van der Waals surface area (Å²) >= 11 is 1.39. The monoisotopic (exact) mass is 333 g/mol. The molecule has 1 fully saturated rings. The molecule has 1 atom stereocenters. The molecular formula is C16H16FN3O2S. The number of halogens is 1. The van der Waals surface area contributed by atoms with Gasteiger partial charge in [0.25, 0.3) is 0 Å². The molecule has 2 amide bonds. The van der Waals surface area contributed by atoms with E-state index >= 15 is 0 Å². The molecule has 2 aromatic rings. The summed E-state index contributed by atoms with van der Waals surface area (Å²) in [6.07, 6.45) is 1.80. The van der Waals surface area contributed by atoms with E-state index in [-0.39, 0.29) is 30.6 Å². The molecule has 0 spiro atoms. The number of thiazole rings is 1. The normalized spacial score (nSPS) is 17.6. The Hall–Kier alpha value is -2.28. The van der Waals surface area contributed by atoms with Gasteiger partial charge in [0, 0.05) is 29.7 Å². The third kappa shape index (κ3) is 3.24. The van der Waals surface area contributed by atoms with Crippen LogP contribution in [-0.4, -0.2) is 23.3 Å². The molecular weight excluding hydrogens is 317 g/mol. The molecule has 3 rings (SSSR count). The molecule has 0 saturated carbocycles. The van der Waals surface area contributed by atoms with Crippen LogP contribution in [0.15, 0.2) is 24.4 Å². The molecule has 0 radical (unpaired) electrons. The van der Waals surface area contributed by atoms with E-state index in [2.05, 4.69) is 10.3 Å². The van der Waals surface area contributed by atoms with E-state index in [0.717, 1.165) is 4.88 Å². The fourth-order valence-corrected chi connectivity index (χ4v) is 3.17. The van der Waals surface area contributed by atoms with E-state index in [4.69, 9.17) is 0 Å². The maximum absolute atomic E-state index is 13.7. The van der Waals surface area contributed by atoms with Crippen molar-refractivity contribution in [3.8, 4) is 0 Å². The van der Waals surface area contributed by atoms with Crippen LogP contribution in [0.3, 0.4) is 0 Å². The van der Waals surface area contributed by atoms with Crippen LogP contribution in [0, 0.1) is 25.6 Å². The van der Waals surface area contributed by atoms with E-state index in [1.165, 1.54) is 22.3 Å². The average Bonchev–Trinajstić information content (AvgIpc) is 3.08. The van der Waals surface area contributed by atoms with Gasteiger partial charge in [0.1, 0.15) is 5.82 Å². The van der Waals surface area contributed by atoms with E-state index < -0.39 is 5.92 Å². The van der Waals surface area contributed by atoms with Crippen molar-refractivity contribution in [2.45, 2.75) is 20.3 Å². The summed E-state index contributed by atoms with van der Waals surface area (Å²) in [4.78, 5) is 31.0. The van der Waals surface area contributed by atoms with Crippen LogP contribution in [0.2, 0.25) is 0 Å². The summed E-state index contributed by atoms with van der Waals surface area (Å²) in [5, 5.41) is 3.26. The summed E-state index contributed by atoms with van der Waals surface area (Å²) in [6.45, 7) is 3.81. The lowest BCUT2D eigenvalue weighted by Crippen LogP contribution is -2.28. The van der Waals surface area contributed by atoms with Crippen molar-refractivity contribution < 1.29 is 14.0 Å². The lowest BCUT2D eigenvalue weighted by molar-refractivity contribution is -0.122. The summed E-state index contributed by atoms with van der Waals surface area (Å²) in [7, 11) is 0. The van der Waals surface area contributed by atoms with Gasteiger partial charge in [-0.05, 0) is 31.5 Å². The van der Waals surface area contributed by atoms with Crippen molar-refractivity contribution in [2.24, 2.45) is 5.92 Å². The summed E-state index contributed by atoms with van der Waals surface area (Å²) in [6, 6.07) is 4.65. The minimum Gasteiger partial charge on any atom is -0.311 e.